The van der Waals surface area contributed by atoms with Crippen LogP contribution >= 0.6 is 11.8 Å². The number of benzene rings is 1. The zero-order valence-electron chi connectivity index (χ0n) is 11.3. The molecule has 0 amide bonds. The summed E-state index contributed by atoms with van der Waals surface area (Å²) in [6.45, 7) is 7.82. The van der Waals surface area contributed by atoms with Crippen LogP contribution in [0.1, 0.15) is 40.0 Å². The van der Waals surface area contributed by atoms with Crippen LogP contribution in [0, 0.1) is 0 Å². The number of nitrogens with one attached hydrogen (secondary N) is 1. The molecule has 2 atom stereocenters. The largest absolute Gasteiger partial charge is 0.313 e. The van der Waals surface area contributed by atoms with Gasteiger partial charge in [-0.25, -0.2) is 0 Å². The molecule has 1 aromatic carbocycles. The lowest BCUT2D eigenvalue weighted by Crippen LogP contribution is -2.37. The molecule has 96 valence electrons. The molecule has 17 heavy (non-hydrogen) atoms. The highest BCUT2D eigenvalue weighted by Gasteiger charge is 2.19. The summed E-state index contributed by atoms with van der Waals surface area (Å²) in [5.41, 5.74) is 0. The van der Waals surface area contributed by atoms with Gasteiger partial charge in [-0.3, -0.25) is 0 Å². The molecule has 0 aliphatic heterocycles. The lowest BCUT2D eigenvalue weighted by Gasteiger charge is -2.26. The van der Waals surface area contributed by atoms with Crippen LogP contribution in [0.3, 0.4) is 0 Å². The minimum Gasteiger partial charge on any atom is -0.313 e. The molecule has 0 saturated carbocycles. The molecule has 0 radical (unpaired) electrons. The Morgan fingerprint density at radius 1 is 1.12 bits per heavy atom. The van der Waals surface area contributed by atoms with E-state index in [1.165, 1.54) is 24.2 Å². The summed E-state index contributed by atoms with van der Waals surface area (Å²) in [5.74, 6) is 0. The highest BCUT2D eigenvalue weighted by Crippen LogP contribution is 2.28. The summed E-state index contributed by atoms with van der Waals surface area (Å²) in [4.78, 5) is 1.39. The maximum atomic E-state index is 3.63. The zero-order valence-corrected chi connectivity index (χ0v) is 12.1. The van der Waals surface area contributed by atoms with Crippen molar-refractivity contribution < 1.29 is 0 Å². The molecular weight excluding hydrogens is 226 g/mol. The zero-order chi connectivity index (χ0) is 12.5. The van der Waals surface area contributed by atoms with Crippen molar-refractivity contribution in [1.29, 1.82) is 0 Å². The number of thioether (sulfide) groups is 1. The number of hydrogen-bond donors (Lipinski definition) is 1. The molecule has 0 heterocycles. The van der Waals surface area contributed by atoms with E-state index in [1.54, 1.807) is 0 Å². The van der Waals surface area contributed by atoms with Crippen molar-refractivity contribution in [2.45, 2.75) is 56.2 Å². The second-order valence-electron chi connectivity index (χ2n) is 4.33. The van der Waals surface area contributed by atoms with Crippen LogP contribution in [-0.2, 0) is 0 Å². The number of rotatable bonds is 8. The molecule has 0 aromatic heterocycles. The van der Waals surface area contributed by atoms with Gasteiger partial charge in [-0.1, -0.05) is 45.4 Å². The van der Waals surface area contributed by atoms with Gasteiger partial charge in [0.2, 0.25) is 0 Å². The molecular formula is C15H25NS. The van der Waals surface area contributed by atoms with Gasteiger partial charge in [0, 0.05) is 16.2 Å². The second-order valence-corrected chi connectivity index (χ2v) is 5.64. The van der Waals surface area contributed by atoms with Crippen molar-refractivity contribution in [2.75, 3.05) is 6.54 Å². The summed E-state index contributed by atoms with van der Waals surface area (Å²) < 4.78 is 0. The Morgan fingerprint density at radius 2 is 1.82 bits per heavy atom. The molecule has 0 spiro atoms. The van der Waals surface area contributed by atoms with Crippen molar-refractivity contribution in [2.24, 2.45) is 0 Å². The summed E-state index contributed by atoms with van der Waals surface area (Å²) in [5, 5.41) is 4.31. The molecule has 2 unspecified atom stereocenters. The van der Waals surface area contributed by atoms with Gasteiger partial charge in [0.15, 0.2) is 0 Å². The Labute approximate surface area is 110 Å². The predicted molar refractivity (Wildman–Crippen MR) is 78.8 cm³/mol. The van der Waals surface area contributed by atoms with Crippen molar-refractivity contribution in [3.63, 3.8) is 0 Å². The molecule has 0 fully saturated rings. The van der Waals surface area contributed by atoms with Gasteiger partial charge in [-0.2, -0.15) is 0 Å². The van der Waals surface area contributed by atoms with E-state index in [0.717, 1.165) is 6.54 Å². The van der Waals surface area contributed by atoms with E-state index < -0.39 is 0 Å². The summed E-state index contributed by atoms with van der Waals surface area (Å²) in [6.07, 6.45) is 3.74. The molecule has 0 aliphatic rings. The van der Waals surface area contributed by atoms with E-state index >= 15 is 0 Å². The van der Waals surface area contributed by atoms with Crippen molar-refractivity contribution in [3.8, 4) is 0 Å². The molecule has 1 nitrogen and oxygen atoms in total. The van der Waals surface area contributed by atoms with E-state index in [9.17, 15) is 0 Å². The van der Waals surface area contributed by atoms with Crippen LogP contribution in [0.2, 0.25) is 0 Å². The maximum Gasteiger partial charge on any atom is 0.0245 e. The van der Waals surface area contributed by atoms with Gasteiger partial charge in [0.05, 0.1) is 0 Å². The molecule has 1 N–H and O–H groups in total. The van der Waals surface area contributed by atoms with E-state index in [2.05, 4.69) is 56.4 Å². The fourth-order valence-electron chi connectivity index (χ4n) is 2.12. The van der Waals surface area contributed by atoms with Crippen molar-refractivity contribution in [1.82, 2.24) is 5.32 Å². The smallest absolute Gasteiger partial charge is 0.0245 e. The SMILES string of the molecule is CCCC(NCC)C(CC)Sc1ccccc1. The van der Waals surface area contributed by atoms with Crippen LogP contribution in [0.15, 0.2) is 35.2 Å². The van der Waals surface area contributed by atoms with Gasteiger partial charge in [0.1, 0.15) is 0 Å². The second kappa shape index (κ2) is 8.60. The molecule has 1 rings (SSSR count). The first-order valence-corrected chi connectivity index (χ1v) is 7.64. The third-order valence-corrected chi connectivity index (χ3v) is 4.46. The minimum atomic E-state index is 0.639. The lowest BCUT2D eigenvalue weighted by atomic mass is 10.1. The van der Waals surface area contributed by atoms with Gasteiger partial charge >= 0.3 is 0 Å². The van der Waals surface area contributed by atoms with Crippen LogP contribution in [0.25, 0.3) is 0 Å². The van der Waals surface area contributed by atoms with E-state index in [-0.39, 0.29) is 0 Å². The first-order valence-electron chi connectivity index (χ1n) is 6.76. The Balaban J connectivity index is 2.61. The van der Waals surface area contributed by atoms with Crippen LogP contribution < -0.4 is 5.32 Å². The first-order chi connectivity index (χ1) is 8.31. The highest BCUT2D eigenvalue weighted by atomic mass is 32.2. The average Bonchev–Trinajstić information content (AvgIpc) is 2.37. The highest BCUT2D eigenvalue weighted by molar-refractivity contribution is 8.00. The predicted octanol–water partition coefficient (Wildman–Crippen LogP) is 4.34. The van der Waals surface area contributed by atoms with E-state index in [0.29, 0.717) is 11.3 Å². The molecule has 0 aliphatic carbocycles. The third-order valence-electron chi connectivity index (χ3n) is 2.95. The Hall–Kier alpha value is -0.470. The van der Waals surface area contributed by atoms with Crippen LogP contribution in [0.5, 0.6) is 0 Å². The Kier molecular flexibility index (Phi) is 7.38. The molecule has 1 aromatic rings. The number of hydrogen-bond acceptors (Lipinski definition) is 2. The molecule has 0 saturated heterocycles. The fraction of sp³-hybridized carbons (Fsp3) is 0.600. The fourth-order valence-corrected chi connectivity index (χ4v) is 3.34. The summed E-state index contributed by atoms with van der Waals surface area (Å²) in [7, 11) is 0. The quantitative estimate of drug-likeness (QED) is 0.690. The average molecular weight is 251 g/mol. The third kappa shape index (κ3) is 5.13. The Bertz CT molecular complexity index is 280. The van der Waals surface area contributed by atoms with E-state index in [1.807, 2.05) is 11.8 Å². The Morgan fingerprint density at radius 3 is 2.35 bits per heavy atom. The van der Waals surface area contributed by atoms with E-state index in [4.69, 9.17) is 0 Å². The van der Waals surface area contributed by atoms with Gasteiger partial charge in [-0.05, 0) is 31.5 Å². The molecule has 0 bridgehead atoms. The van der Waals surface area contributed by atoms with Crippen LogP contribution in [0.4, 0.5) is 0 Å². The monoisotopic (exact) mass is 251 g/mol. The lowest BCUT2D eigenvalue weighted by molar-refractivity contribution is 0.465. The van der Waals surface area contributed by atoms with Crippen LogP contribution in [-0.4, -0.2) is 17.8 Å². The normalized spacial score (nSPS) is 14.5. The minimum absolute atomic E-state index is 0.639. The van der Waals surface area contributed by atoms with Crippen molar-refractivity contribution >= 4 is 11.8 Å². The van der Waals surface area contributed by atoms with Gasteiger partial charge < -0.3 is 5.32 Å². The first kappa shape index (κ1) is 14.6. The standard InChI is InChI=1S/C15H25NS/c1-4-10-14(16-6-3)15(5-2)17-13-11-8-7-9-12-13/h7-9,11-12,14-16H,4-6,10H2,1-3H3. The summed E-state index contributed by atoms with van der Waals surface area (Å²) in [6, 6.07) is 11.4. The topological polar surface area (TPSA) is 12.0 Å². The maximum absolute atomic E-state index is 3.63. The van der Waals surface area contributed by atoms with Gasteiger partial charge in [0.25, 0.3) is 0 Å². The molecule has 2 heteroatoms. The van der Waals surface area contributed by atoms with Crippen molar-refractivity contribution in [3.05, 3.63) is 30.3 Å². The summed E-state index contributed by atoms with van der Waals surface area (Å²) >= 11 is 2.01. The van der Waals surface area contributed by atoms with Gasteiger partial charge in [-0.15, -0.1) is 11.8 Å².